The van der Waals surface area contributed by atoms with Gasteiger partial charge in [-0.15, -0.1) is 11.3 Å². The van der Waals surface area contributed by atoms with E-state index in [9.17, 15) is 0 Å². The Bertz CT molecular complexity index is 250. The molecular formula is C10H16S. The summed E-state index contributed by atoms with van der Waals surface area (Å²) in [6.45, 7) is 11.2. The molecule has 0 fully saturated rings. The summed E-state index contributed by atoms with van der Waals surface area (Å²) in [6, 6.07) is 2.31. The van der Waals surface area contributed by atoms with Gasteiger partial charge in [0.15, 0.2) is 0 Å². The molecule has 0 aromatic carbocycles. The summed E-state index contributed by atoms with van der Waals surface area (Å²) in [5, 5.41) is 0. The van der Waals surface area contributed by atoms with Crippen molar-refractivity contribution in [1.82, 2.24) is 0 Å². The molecule has 0 nitrogen and oxygen atoms in total. The molecule has 1 aromatic heterocycles. The maximum atomic E-state index is 2.31. The van der Waals surface area contributed by atoms with Gasteiger partial charge in [-0.05, 0) is 30.9 Å². The van der Waals surface area contributed by atoms with E-state index in [1.165, 1.54) is 15.3 Å². The first-order valence-corrected chi connectivity index (χ1v) is 4.80. The van der Waals surface area contributed by atoms with Gasteiger partial charge in [0.25, 0.3) is 0 Å². The molecule has 0 bridgehead atoms. The average molecular weight is 168 g/mol. The molecule has 0 aliphatic carbocycles. The van der Waals surface area contributed by atoms with E-state index >= 15 is 0 Å². The lowest BCUT2D eigenvalue weighted by molar-refractivity contribution is 0.589. The third-order valence-electron chi connectivity index (χ3n) is 1.85. The predicted octanol–water partition coefficient (Wildman–Crippen LogP) is 3.66. The molecule has 1 rings (SSSR count). The summed E-state index contributed by atoms with van der Waals surface area (Å²) in [6.07, 6.45) is 0. The van der Waals surface area contributed by atoms with Crippen molar-refractivity contribution in [2.75, 3.05) is 0 Å². The second-order valence-electron chi connectivity index (χ2n) is 4.08. The molecule has 0 aliphatic rings. The third kappa shape index (κ3) is 1.84. The summed E-state index contributed by atoms with van der Waals surface area (Å²) < 4.78 is 0. The molecule has 0 aliphatic heterocycles. The van der Waals surface area contributed by atoms with Crippen LogP contribution in [0.2, 0.25) is 0 Å². The van der Waals surface area contributed by atoms with E-state index < -0.39 is 0 Å². The molecule has 1 heteroatoms. The zero-order valence-corrected chi connectivity index (χ0v) is 8.80. The first-order valence-electron chi connectivity index (χ1n) is 3.99. The first kappa shape index (κ1) is 8.79. The highest BCUT2D eigenvalue weighted by Gasteiger charge is 2.17. The summed E-state index contributed by atoms with van der Waals surface area (Å²) in [7, 11) is 0. The van der Waals surface area contributed by atoms with Crippen LogP contribution in [0.4, 0.5) is 0 Å². The number of hydrogen-bond donors (Lipinski definition) is 0. The van der Waals surface area contributed by atoms with E-state index in [4.69, 9.17) is 0 Å². The van der Waals surface area contributed by atoms with Gasteiger partial charge in [0.2, 0.25) is 0 Å². The minimum atomic E-state index is 0.314. The minimum Gasteiger partial charge on any atom is -0.146 e. The Morgan fingerprint density at radius 2 is 1.73 bits per heavy atom. The lowest BCUT2D eigenvalue weighted by Crippen LogP contribution is -2.10. The summed E-state index contributed by atoms with van der Waals surface area (Å²) >= 11 is 1.90. The van der Waals surface area contributed by atoms with Crippen LogP contribution in [0, 0.1) is 13.8 Å². The highest BCUT2D eigenvalue weighted by atomic mass is 32.1. The van der Waals surface area contributed by atoms with Crippen LogP contribution in [0.5, 0.6) is 0 Å². The molecule has 0 radical (unpaired) electrons. The van der Waals surface area contributed by atoms with Crippen molar-refractivity contribution < 1.29 is 0 Å². The Morgan fingerprint density at radius 1 is 1.18 bits per heavy atom. The van der Waals surface area contributed by atoms with E-state index in [1.54, 1.807) is 0 Å². The molecule has 0 N–H and O–H groups in total. The third-order valence-corrected chi connectivity index (χ3v) is 2.81. The van der Waals surface area contributed by atoms with Crippen LogP contribution in [0.15, 0.2) is 6.07 Å². The van der Waals surface area contributed by atoms with Gasteiger partial charge in [0.05, 0.1) is 0 Å². The van der Waals surface area contributed by atoms with Crippen molar-refractivity contribution in [2.45, 2.75) is 40.0 Å². The largest absolute Gasteiger partial charge is 0.146 e. The van der Waals surface area contributed by atoms with Gasteiger partial charge < -0.3 is 0 Å². The van der Waals surface area contributed by atoms with Gasteiger partial charge in [0, 0.05) is 9.75 Å². The maximum Gasteiger partial charge on any atom is 0.00543 e. The van der Waals surface area contributed by atoms with E-state index in [2.05, 4.69) is 40.7 Å². The smallest absolute Gasteiger partial charge is 0.00543 e. The predicted molar refractivity (Wildman–Crippen MR) is 52.5 cm³/mol. The van der Waals surface area contributed by atoms with Crippen LogP contribution in [0.25, 0.3) is 0 Å². The van der Waals surface area contributed by atoms with Gasteiger partial charge in [-0.2, -0.15) is 0 Å². The highest BCUT2D eigenvalue weighted by Crippen LogP contribution is 2.31. The Morgan fingerprint density at radius 3 is 1.91 bits per heavy atom. The molecule has 1 heterocycles. The first-order chi connectivity index (χ1) is 4.91. The van der Waals surface area contributed by atoms with Crippen molar-refractivity contribution in [3.63, 3.8) is 0 Å². The fraction of sp³-hybridized carbons (Fsp3) is 0.600. The minimum absolute atomic E-state index is 0.314. The summed E-state index contributed by atoms with van der Waals surface area (Å²) in [4.78, 5) is 2.89. The van der Waals surface area contributed by atoms with Crippen LogP contribution in [-0.4, -0.2) is 0 Å². The molecule has 62 valence electrons. The van der Waals surface area contributed by atoms with Gasteiger partial charge in [0.1, 0.15) is 0 Å². The van der Waals surface area contributed by atoms with E-state index in [-0.39, 0.29) is 0 Å². The van der Waals surface area contributed by atoms with Crippen molar-refractivity contribution in [3.8, 4) is 0 Å². The van der Waals surface area contributed by atoms with E-state index in [0.717, 1.165) is 0 Å². The quantitative estimate of drug-likeness (QED) is 0.554. The van der Waals surface area contributed by atoms with Crippen molar-refractivity contribution in [2.24, 2.45) is 0 Å². The number of aryl methyl sites for hydroxylation is 2. The van der Waals surface area contributed by atoms with Gasteiger partial charge >= 0.3 is 0 Å². The lowest BCUT2D eigenvalue weighted by Gasteiger charge is -2.17. The van der Waals surface area contributed by atoms with Crippen LogP contribution < -0.4 is 0 Å². The molecule has 0 saturated heterocycles. The summed E-state index contributed by atoms with van der Waals surface area (Å²) in [5.74, 6) is 0. The molecular weight excluding hydrogens is 152 g/mol. The zero-order chi connectivity index (χ0) is 8.65. The second kappa shape index (κ2) is 2.63. The van der Waals surface area contributed by atoms with Crippen LogP contribution in [0.3, 0.4) is 0 Å². The average Bonchev–Trinajstić information content (AvgIpc) is 2.08. The van der Waals surface area contributed by atoms with Gasteiger partial charge in [-0.1, -0.05) is 20.8 Å². The topological polar surface area (TPSA) is 0 Å². The highest BCUT2D eigenvalue weighted by molar-refractivity contribution is 7.12. The fourth-order valence-electron chi connectivity index (χ4n) is 1.38. The lowest BCUT2D eigenvalue weighted by atomic mass is 9.87. The standard InChI is InChI=1S/C10H16S/c1-7-6-9(8(2)11-7)10(3,4)5/h6H,1-5H3. The van der Waals surface area contributed by atoms with E-state index in [1.807, 2.05) is 11.3 Å². The van der Waals surface area contributed by atoms with Crippen molar-refractivity contribution in [1.29, 1.82) is 0 Å². The molecule has 0 atom stereocenters. The molecule has 0 amide bonds. The number of hydrogen-bond acceptors (Lipinski definition) is 1. The number of rotatable bonds is 0. The Hall–Kier alpha value is -0.300. The zero-order valence-electron chi connectivity index (χ0n) is 7.99. The van der Waals surface area contributed by atoms with Crippen LogP contribution >= 0.6 is 11.3 Å². The molecule has 0 unspecified atom stereocenters. The fourth-order valence-corrected chi connectivity index (χ4v) is 2.51. The van der Waals surface area contributed by atoms with Gasteiger partial charge in [-0.25, -0.2) is 0 Å². The van der Waals surface area contributed by atoms with Crippen LogP contribution in [0.1, 0.15) is 36.1 Å². The molecule has 0 saturated carbocycles. The molecule has 1 aromatic rings. The second-order valence-corrected chi connectivity index (χ2v) is 5.54. The Kier molecular flexibility index (Phi) is 2.10. The Labute approximate surface area is 73.3 Å². The van der Waals surface area contributed by atoms with Crippen molar-refractivity contribution in [3.05, 3.63) is 21.4 Å². The molecule has 0 spiro atoms. The monoisotopic (exact) mass is 168 g/mol. The maximum absolute atomic E-state index is 2.31. The van der Waals surface area contributed by atoms with Crippen LogP contribution in [-0.2, 0) is 5.41 Å². The SMILES string of the molecule is Cc1cc(C(C)(C)C)c(C)s1. The molecule has 11 heavy (non-hydrogen) atoms. The summed E-state index contributed by atoms with van der Waals surface area (Å²) in [5.41, 5.74) is 1.81. The number of thiophene rings is 1. The Balaban J connectivity index is 3.13. The normalized spacial score (nSPS) is 12.1. The van der Waals surface area contributed by atoms with Crippen molar-refractivity contribution >= 4 is 11.3 Å². The van der Waals surface area contributed by atoms with Gasteiger partial charge in [-0.3, -0.25) is 0 Å². The van der Waals surface area contributed by atoms with E-state index in [0.29, 0.717) is 5.41 Å².